The van der Waals surface area contributed by atoms with E-state index < -0.39 is 23.3 Å². The molecule has 4 nitrogen and oxygen atoms in total. The molecule has 5 heteroatoms. The predicted molar refractivity (Wildman–Crippen MR) is 94.1 cm³/mol. The number of carbonyl (C=O) groups is 2. The molecule has 0 aromatic carbocycles. The van der Waals surface area contributed by atoms with Crippen molar-refractivity contribution in [1.82, 2.24) is 0 Å². The second-order valence-electron chi connectivity index (χ2n) is 6.66. The smallest absolute Gasteiger partial charge is 0.549 e. The monoisotopic (exact) mass is 464 g/mol. The molecule has 0 heterocycles. The molecule has 0 N–H and O–H groups in total. The number of hydrogen-bond donors (Lipinski definition) is 0. The van der Waals surface area contributed by atoms with Crippen molar-refractivity contribution >= 4 is 60.8 Å². The van der Waals surface area contributed by atoms with Crippen molar-refractivity contribution in [3.63, 3.8) is 0 Å². The van der Waals surface area contributed by atoms with Gasteiger partial charge in [0.2, 0.25) is 0 Å². The second-order valence-corrected chi connectivity index (χ2v) is 6.66. The summed E-state index contributed by atoms with van der Waals surface area (Å²) in [4.78, 5) is 23.5. The molecule has 0 rings (SSSR count). The molecule has 0 saturated carbocycles. The van der Waals surface area contributed by atoms with Gasteiger partial charge in [-0.1, -0.05) is 85.0 Å². The molecule has 0 aromatic heterocycles. The molecule has 0 saturated heterocycles. The molecular formula is C19H34BaO4. The summed E-state index contributed by atoms with van der Waals surface area (Å²) in [6, 6.07) is 0. The third-order valence-electron chi connectivity index (χ3n) is 5.00. The van der Waals surface area contributed by atoms with E-state index in [0.717, 1.165) is 44.9 Å². The fourth-order valence-corrected chi connectivity index (χ4v) is 3.45. The predicted octanol–water partition coefficient (Wildman–Crippen LogP) is 2.45. The van der Waals surface area contributed by atoms with Gasteiger partial charge < -0.3 is 19.8 Å². The fourth-order valence-electron chi connectivity index (χ4n) is 3.45. The van der Waals surface area contributed by atoms with Crippen molar-refractivity contribution in [3.05, 3.63) is 0 Å². The Balaban J connectivity index is 0. The van der Waals surface area contributed by atoms with Crippen LogP contribution in [0.5, 0.6) is 0 Å². The first kappa shape index (κ1) is 26.7. The van der Waals surface area contributed by atoms with Crippen LogP contribution < -0.4 is 10.2 Å². The van der Waals surface area contributed by atoms with Gasteiger partial charge in [0.1, 0.15) is 0 Å². The van der Waals surface area contributed by atoms with E-state index in [2.05, 4.69) is 13.8 Å². The Kier molecular flexibility index (Phi) is 17.5. The van der Waals surface area contributed by atoms with Gasteiger partial charge in [-0.2, -0.15) is 0 Å². The van der Waals surface area contributed by atoms with Crippen molar-refractivity contribution in [2.24, 2.45) is 11.3 Å². The van der Waals surface area contributed by atoms with E-state index in [-0.39, 0.29) is 55.3 Å². The summed E-state index contributed by atoms with van der Waals surface area (Å²) in [6.45, 7) is 6.07. The van der Waals surface area contributed by atoms with Gasteiger partial charge in [0, 0.05) is 0 Å². The molecule has 1 unspecified atom stereocenters. The molecule has 0 amide bonds. The van der Waals surface area contributed by atoms with Crippen LogP contribution in [0.4, 0.5) is 0 Å². The average Bonchev–Trinajstić information content (AvgIpc) is 2.51. The first-order chi connectivity index (χ1) is 11.0. The van der Waals surface area contributed by atoms with Gasteiger partial charge in [0.15, 0.2) is 0 Å². The molecule has 0 spiro atoms. The van der Waals surface area contributed by atoms with E-state index in [1.54, 1.807) is 0 Å². The summed E-state index contributed by atoms with van der Waals surface area (Å²) in [5.74, 6) is -3.33. The Morgan fingerprint density at radius 2 is 1.25 bits per heavy atom. The maximum Gasteiger partial charge on any atom is 2.00 e. The number of aliphatic carboxylic acids is 2. The maximum atomic E-state index is 11.7. The molecule has 0 bridgehead atoms. The molecule has 0 aliphatic carbocycles. The molecule has 1 atom stereocenters. The summed E-state index contributed by atoms with van der Waals surface area (Å²) in [5.41, 5.74) is -1.83. The summed E-state index contributed by atoms with van der Waals surface area (Å²) < 4.78 is 0. The number of unbranched alkanes of at least 4 members (excludes halogenated alkanes) is 7. The normalized spacial score (nSPS) is 12.5. The van der Waals surface area contributed by atoms with Crippen LogP contribution in [-0.2, 0) is 9.59 Å². The molecule has 0 fully saturated rings. The van der Waals surface area contributed by atoms with E-state index in [1.807, 2.05) is 6.92 Å². The van der Waals surface area contributed by atoms with Crippen LogP contribution >= 0.6 is 0 Å². The summed E-state index contributed by atoms with van der Waals surface area (Å²) in [6.07, 6.45) is 10.1. The van der Waals surface area contributed by atoms with E-state index >= 15 is 0 Å². The van der Waals surface area contributed by atoms with Crippen LogP contribution in [0, 0.1) is 11.3 Å². The number of hydrogen-bond acceptors (Lipinski definition) is 4. The summed E-state index contributed by atoms with van der Waals surface area (Å²) >= 11 is 0. The first-order valence-corrected chi connectivity index (χ1v) is 9.40. The molecule has 0 radical (unpaired) electrons. The van der Waals surface area contributed by atoms with E-state index in [0.29, 0.717) is 19.3 Å². The van der Waals surface area contributed by atoms with Gasteiger partial charge in [-0.3, -0.25) is 0 Å². The van der Waals surface area contributed by atoms with Crippen molar-refractivity contribution in [3.8, 4) is 0 Å². The Bertz CT molecular complexity index is 330. The Morgan fingerprint density at radius 1 is 0.792 bits per heavy atom. The summed E-state index contributed by atoms with van der Waals surface area (Å²) in [7, 11) is 0. The average molecular weight is 464 g/mol. The van der Waals surface area contributed by atoms with Gasteiger partial charge in [0.05, 0.1) is 17.4 Å². The largest absolute Gasteiger partial charge is 2.00 e. The van der Waals surface area contributed by atoms with Crippen LogP contribution in [0.15, 0.2) is 0 Å². The zero-order chi connectivity index (χ0) is 17.7. The number of rotatable bonds is 15. The van der Waals surface area contributed by atoms with Gasteiger partial charge in [-0.05, 0) is 18.8 Å². The van der Waals surface area contributed by atoms with E-state index in [9.17, 15) is 19.8 Å². The number of carboxylic acid groups (broad SMARTS) is 2. The Hall–Kier alpha value is 0.511. The zero-order valence-electron chi connectivity index (χ0n) is 15.9. The Morgan fingerprint density at radius 3 is 1.71 bits per heavy atom. The van der Waals surface area contributed by atoms with Crippen molar-refractivity contribution in [2.45, 2.75) is 97.8 Å². The van der Waals surface area contributed by atoms with Crippen molar-refractivity contribution in [1.29, 1.82) is 0 Å². The second kappa shape index (κ2) is 15.7. The maximum absolute atomic E-state index is 11.7. The van der Waals surface area contributed by atoms with Gasteiger partial charge >= 0.3 is 48.9 Å². The topological polar surface area (TPSA) is 80.3 Å². The van der Waals surface area contributed by atoms with Gasteiger partial charge in [-0.15, -0.1) is 0 Å². The van der Waals surface area contributed by atoms with Crippen LogP contribution in [0.3, 0.4) is 0 Å². The quantitative estimate of drug-likeness (QED) is 0.212. The third-order valence-corrected chi connectivity index (χ3v) is 5.00. The zero-order valence-corrected chi connectivity index (χ0v) is 20.3. The van der Waals surface area contributed by atoms with Crippen LogP contribution in [-0.4, -0.2) is 60.8 Å². The van der Waals surface area contributed by atoms with Crippen LogP contribution in [0.25, 0.3) is 0 Å². The van der Waals surface area contributed by atoms with E-state index in [4.69, 9.17) is 0 Å². The molecule has 136 valence electrons. The third kappa shape index (κ3) is 8.75. The van der Waals surface area contributed by atoms with Gasteiger partial charge in [0.25, 0.3) is 0 Å². The SMILES string of the molecule is CCCCCCCCC(C(=O)[O-])(C(=O)[O-])C(CC)CCCCC.[Ba+2]. The minimum Gasteiger partial charge on any atom is -0.549 e. The molecule has 0 aliphatic rings. The van der Waals surface area contributed by atoms with Gasteiger partial charge in [-0.25, -0.2) is 0 Å². The minimum atomic E-state index is -1.83. The van der Waals surface area contributed by atoms with Crippen LogP contribution in [0.2, 0.25) is 0 Å². The fraction of sp³-hybridized carbons (Fsp3) is 0.895. The molecule has 24 heavy (non-hydrogen) atoms. The number of carbonyl (C=O) groups excluding carboxylic acids is 2. The Labute approximate surface area is 188 Å². The van der Waals surface area contributed by atoms with Crippen molar-refractivity contribution < 1.29 is 19.8 Å². The minimum absolute atomic E-state index is 0. The molecular weight excluding hydrogens is 430 g/mol. The van der Waals surface area contributed by atoms with Crippen LogP contribution in [0.1, 0.15) is 97.8 Å². The first-order valence-electron chi connectivity index (χ1n) is 9.40. The molecule has 0 aliphatic heterocycles. The van der Waals surface area contributed by atoms with Crippen molar-refractivity contribution in [2.75, 3.05) is 0 Å². The summed E-state index contributed by atoms with van der Waals surface area (Å²) in [5, 5.41) is 23.5. The number of carboxylic acids is 2. The van der Waals surface area contributed by atoms with E-state index in [1.165, 1.54) is 6.42 Å². The molecule has 0 aromatic rings. The standard InChI is InChI=1S/C19H36O4.Ba/c1-4-7-9-10-11-13-15-19(17(20)21,18(22)23)16(6-3)14-12-8-5-2;/h16H,4-15H2,1-3H3,(H,20,21)(H,22,23);/q;+2/p-2.